The molecule has 2 aromatic carbocycles. The van der Waals surface area contributed by atoms with Crippen molar-refractivity contribution in [2.24, 2.45) is 0 Å². The minimum Gasteiger partial charge on any atom is -0.497 e. The summed E-state index contributed by atoms with van der Waals surface area (Å²) in [5.41, 5.74) is 1.63. The molecule has 0 aliphatic heterocycles. The van der Waals surface area contributed by atoms with E-state index < -0.39 is 0 Å². The van der Waals surface area contributed by atoms with Gasteiger partial charge in [-0.05, 0) is 24.1 Å². The second kappa shape index (κ2) is 10.2. The lowest BCUT2D eigenvalue weighted by molar-refractivity contribution is -0.128. The highest BCUT2D eigenvalue weighted by Crippen LogP contribution is 2.22. The summed E-state index contributed by atoms with van der Waals surface area (Å²) >= 11 is 0. The van der Waals surface area contributed by atoms with Crippen LogP contribution in [0.4, 0.5) is 0 Å². The van der Waals surface area contributed by atoms with Crippen LogP contribution in [0.5, 0.6) is 11.5 Å². The molecule has 1 N–H and O–H groups in total. The van der Waals surface area contributed by atoms with Gasteiger partial charge in [0.15, 0.2) is 0 Å². The van der Waals surface area contributed by atoms with Gasteiger partial charge in [0.2, 0.25) is 5.91 Å². The molecule has 144 valence electrons. The van der Waals surface area contributed by atoms with E-state index in [0.29, 0.717) is 36.7 Å². The highest BCUT2D eigenvalue weighted by molar-refractivity contribution is 5.95. The molecule has 0 fully saturated rings. The minimum absolute atomic E-state index is 0.0109. The summed E-state index contributed by atoms with van der Waals surface area (Å²) in [7, 11) is 3.07. The van der Waals surface area contributed by atoms with Gasteiger partial charge in [0.05, 0.1) is 14.2 Å². The van der Waals surface area contributed by atoms with E-state index in [-0.39, 0.29) is 11.8 Å². The molecule has 0 saturated heterocycles. The largest absolute Gasteiger partial charge is 0.497 e. The molecule has 0 spiro atoms. The molecule has 0 aliphatic rings. The fraction of sp³-hybridized carbons (Fsp3) is 0.333. The predicted molar refractivity (Wildman–Crippen MR) is 104 cm³/mol. The third-order valence-corrected chi connectivity index (χ3v) is 4.24. The molecule has 0 aromatic heterocycles. The average Bonchev–Trinajstić information content (AvgIpc) is 2.70. The maximum Gasteiger partial charge on any atom is 0.251 e. The van der Waals surface area contributed by atoms with Crippen molar-refractivity contribution < 1.29 is 19.1 Å². The first-order chi connectivity index (χ1) is 13.0. The van der Waals surface area contributed by atoms with Crippen molar-refractivity contribution in [3.8, 4) is 11.5 Å². The lowest BCUT2D eigenvalue weighted by Crippen LogP contribution is -2.38. The van der Waals surface area contributed by atoms with E-state index in [4.69, 9.17) is 9.47 Å². The van der Waals surface area contributed by atoms with Crippen molar-refractivity contribution in [3.05, 3.63) is 59.7 Å². The van der Waals surface area contributed by atoms with Crippen LogP contribution in [0, 0.1) is 0 Å². The number of benzene rings is 2. The Bertz CT molecular complexity index is 740. The zero-order chi connectivity index (χ0) is 19.6. The van der Waals surface area contributed by atoms with Crippen LogP contribution in [0.3, 0.4) is 0 Å². The Morgan fingerprint density at radius 2 is 1.59 bits per heavy atom. The number of rotatable bonds is 9. The van der Waals surface area contributed by atoms with E-state index >= 15 is 0 Å². The van der Waals surface area contributed by atoms with Gasteiger partial charge >= 0.3 is 0 Å². The van der Waals surface area contributed by atoms with Crippen LogP contribution in [0.2, 0.25) is 0 Å². The third-order valence-electron chi connectivity index (χ3n) is 4.24. The fourth-order valence-electron chi connectivity index (χ4n) is 2.68. The van der Waals surface area contributed by atoms with E-state index in [1.54, 1.807) is 30.0 Å². The van der Waals surface area contributed by atoms with Gasteiger partial charge in [0.25, 0.3) is 5.91 Å². The average molecular weight is 370 g/mol. The van der Waals surface area contributed by atoms with E-state index in [1.165, 1.54) is 19.8 Å². The van der Waals surface area contributed by atoms with Gasteiger partial charge in [-0.1, -0.05) is 30.3 Å². The highest BCUT2D eigenvalue weighted by Gasteiger charge is 2.12. The number of methoxy groups -OCH3 is 2. The van der Waals surface area contributed by atoms with Crippen LogP contribution >= 0.6 is 0 Å². The molecule has 2 amide bonds. The number of nitrogens with one attached hydrogen (secondary N) is 1. The Balaban J connectivity index is 1.88. The van der Waals surface area contributed by atoms with Gasteiger partial charge in [-0.15, -0.1) is 0 Å². The maximum absolute atomic E-state index is 12.4. The third kappa shape index (κ3) is 6.33. The van der Waals surface area contributed by atoms with Gasteiger partial charge in [-0.3, -0.25) is 9.59 Å². The first kappa shape index (κ1) is 20.3. The summed E-state index contributed by atoms with van der Waals surface area (Å²) in [6, 6.07) is 15.0. The van der Waals surface area contributed by atoms with Gasteiger partial charge in [-0.25, -0.2) is 0 Å². The topological polar surface area (TPSA) is 67.9 Å². The number of carbonyl (C=O) groups excluding carboxylic acids is 2. The zero-order valence-electron chi connectivity index (χ0n) is 16.0. The van der Waals surface area contributed by atoms with Crippen molar-refractivity contribution in [1.29, 1.82) is 0 Å². The predicted octanol–water partition coefficient (Wildman–Crippen LogP) is 2.52. The van der Waals surface area contributed by atoms with Gasteiger partial charge in [0, 0.05) is 38.2 Å². The smallest absolute Gasteiger partial charge is 0.251 e. The van der Waals surface area contributed by atoms with Crippen molar-refractivity contribution in [2.75, 3.05) is 33.9 Å². The Kier molecular flexibility index (Phi) is 7.67. The molecule has 6 heteroatoms. The molecule has 27 heavy (non-hydrogen) atoms. The summed E-state index contributed by atoms with van der Waals surface area (Å²) < 4.78 is 10.4. The normalized spacial score (nSPS) is 10.2. The van der Waals surface area contributed by atoms with Crippen molar-refractivity contribution in [3.63, 3.8) is 0 Å². The molecule has 0 bridgehead atoms. The van der Waals surface area contributed by atoms with Crippen molar-refractivity contribution in [2.45, 2.75) is 13.3 Å². The van der Waals surface area contributed by atoms with Crippen LogP contribution < -0.4 is 14.8 Å². The summed E-state index contributed by atoms with van der Waals surface area (Å²) in [6.45, 7) is 2.98. The first-order valence-corrected chi connectivity index (χ1v) is 8.84. The van der Waals surface area contributed by atoms with Gasteiger partial charge in [-0.2, -0.15) is 0 Å². The number of amides is 2. The van der Waals surface area contributed by atoms with E-state index in [2.05, 4.69) is 5.32 Å². The first-order valence-electron chi connectivity index (χ1n) is 8.84. The minimum atomic E-state index is -0.237. The summed E-state index contributed by atoms with van der Waals surface area (Å²) in [4.78, 5) is 26.0. The lowest BCUT2D eigenvalue weighted by atomic mass is 10.1. The highest BCUT2D eigenvalue weighted by atomic mass is 16.5. The summed E-state index contributed by atoms with van der Waals surface area (Å²) in [6.07, 6.45) is 0.779. The van der Waals surface area contributed by atoms with Crippen molar-refractivity contribution in [1.82, 2.24) is 10.2 Å². The summed E-state index contributed by atoms with van der Waals surface area (Å²) in [5, 5.41) is 2.84. The molecule has 0 aliphatic carbocycles. The van der Waals surface area contributed by atoms with Crippen LogP contribution in [0.15, 0.2) is 48.5 Å². The Morgan fingerprint density at radius 3 is 2.15 bits per heavy atom. The molecule has 0 unspecified atom stereocenters. The van der Waals surface area contributed by atoms with E-state index in [9.17, 15) is 9.59 Å². The zero-order valence-corrected chi connectivity index (χ0v) is 16.0. The van der Waals surface area contributed by atoms with Crippen LogP contribution in [0.1, 0.15) is 22.8 Å². The Morgan fingerprint density at radius 1 is 0.963 bits per heavy atom. The maximum atomic E-state index is 12.4. The second-order valence-corrected chi connectivity index (χ2v) is 6.10. The van der Waals surface area contributed by atoms with E-state index in [0.717, 1.165) is 6.42 Å². The SMILES string of the molecule is COc1cc(OC)cc(C(=O)NCCN(CCc2ccccc2)C(C)=O)c1. The molecular weight excluding hydrogens is 344 g/mol. The standard InChI is InChI=1S/C21H26N2O4/c1-16(24)23(11-9-17-7-5-4-6-8-17)12-10-22-21(25)18-13-19(26-2)15-20(14-18)27-3/h4-8,13-15H,9-12H2,1-3H3,(H,22,25). The van der Waals surface area contributed by atoms with Gasteiger partial charge < -0.3 is 19.7 Å². The number of ether oxygens (including phenoxy) is 2. The monoisotopic (exact) mass is 370 g/mol. The molecule has 6 nitrogen and oxygen atoms in total. The molecule has 2 rings (SSSR count). The molecule has 2 aromatic rings. The summed E-state index contributed by atoms with van der Waals surface area (Å²) in [5.74, 6) is 0.849. The number of nitrogens with zero attached hydrogens (tertiary/aromatic N) is 1. The fourth-order valence-corrected chi connectivity index (χ4v) is 2.68. The molecule has 0 heterocycles. The van der Waals surface area contributed by atoms with Crippen LogP contribution in [-0.2, 0) is 11.2 Å². The molecular formula is C21H26N2O4. The Hall–Kier alpha value is -3.02. The molecule has 0 atom stereocenters. The quantitative estimate of drug-likeness (QED) is 0.737. The van der Waals surface area contributed by atoms with Crippen LogP contribution in [0.25, 0.3) is 0 Å². The second-order valence-electron chi connectivity index (χ2n) is 6.10. The van der Waals surface area contributed by atoms with Crippen molar-refractivity contribution >= 4 is 11.8 Å². The lowest BCUT2D eigenvalue weighted by Gasteiger charge is -2.21. The van der Waals surface area contributed by atoms with Crippen LogP contribution in [-0.4, -0.2) is 50.6 Å². The number of hydrogen-bond donors (Lipinski definition) is 1. The Labute approximate surface area is 160 Å². The van der Waals surface area contributed by atoms with Gasteiger partial charge in [0.1, 0.15) is 11.5 Å². The number of hydrogen-bond acceptors (Lipinski definition) is 4. The van der Waals surface area contributed by atoms with E-state index in [1.807, 2.05) is 30.3 Å². The number of carbonyl (C=O) groups is 2. The molecule has 0 saturated carbocycles. The molecule has 0 radical (unpaired) electrons.